The minimum absolute atomic E-state index is 0.0101. The van der Waals surface area contributed by atoms with Crippen molar-refractivity contribution in [2.75, 3.05) is 5.73 Å². The van der Waals surface area contributed by atoms with Gasteiger partial charge in [-0.25, -0.2) is 9.89 Å². The molecule has 0 radical (unpaired) electrons. The van der Waals surface area contributed by atoms with Crippen LogP contribution >= 0.6 is 0 Å². The molecule has 0 aliphatic carbocycles. The van der Waals surface area contributed by atoms with Gasteiger partial charge in [-0.05, 0) is 40.3 Å². The van der Waals surface area contributed by atoms with Crippen LogP contribution in [0.2, 0.25) is 0 Å². The lowest BCUT2D eigenvalue weighted by atomic mass is 9.97. The van der Waals surface area contributed by atoms with Gasteiger partial charge in [0.25, 0.3) is 0 Å². The van der Waals surface area contributed by atoms with Crippen molar-refractivity contribution < 1.29 is 5.11 Å². The van der Waals surface area contributed by atoms with E-state index in [1.54, 1.807) is 12.3 Å². The normalized spacial score (nSPS) is 11.2. The topological polar surface area (TPSA) is 110 Å². The Balaban J connectivity index is 1.69. The number of aromatic hydroxyl groups is 1. The van der Waals surface area contributed by atoms with E-state index >= 15 is 0 Å². The highest BCUT2D eigenvalue weighted by atomic mass is 16.3. The zero-order valence-corrected chi connectivity index (χ0v) is 16.8. The molecule has 30 heavy (non-hydrogen) atoms. The van der Waals surface area contributed by atoms with Crippen molar-refractivity contribution in [3.8, 4) is 28.3 Å². The maximum Gasteiger partial charge on any atom is 0.343 e. The number of aromatic nitrogens is 4. The molecule has 7 heteroatoms. The Morgan fingerprint density at radius 1 is 1.13 bits per heavy atom. The fraction of sp³-hybridized carbons (Fsp3) is 0.174. The Kier molecular flexibility index (Phi) is 5.10. The summed E-state index contributed by atoms with van der Waals surface area (Å²) in [6.07, 6.45) is 3.55. The van der Waals surface area contributed by atoms with Crippen LogP contribution in [-0.4, -0.2) is 24.9 Å². The van der Waals surface area contributed by atoms with Gasteiger partial charge in [-0.1, -0.05) is 44.2 Å². The van der Waals surface area contributed by atoms with Gasteiger partial charge in [0.2, 0.25) is 0 Å². The van der Waals surface area contributed by atoms with Gasteiger partial charge in [0, 0.05) is 24.1 Å². The van der Waals surface area contributed by atoms with Gasteiger partial charge < -0.3 is 10.8 Å². The Hall–Kier alpha value is -3.87. The molecule has 0 aliphatic heterocycles. The highest BCUT2D eigenvalue weighted by molar-refractivity contribution is 5.71. The minimum atomic E-state index is -0.344. The van der Waals surface area contributed by atoms with Crippen molar-refractivity contribution in [3.63, 3.8) is 0 Å². The number of hydrogen-bond donors (Lipinski definition) is 3. The van der Waals surface area contributed by atoms with Crippen LogP contribution in [0.15, 0.2) is 65.7 Å². The second-order valence-electron chi connectivity index (χ2n) is 7.53. The molecular weight excluding hydrogens is 378 g/mol. The number of rotatable bonds is 5. The second-order valence-corrected chi connectivity index (χ2v) is 7.53. The van der Waals surface area contributed by atoms with Crippen molar-refractivity contribution in [1.82, 2.24) is 19.7 Å². The summed E-state index contributed by atoms with van der Waals surface area (Å²) in [5, 5.41) is 17.1. The van der Waals surface area contributed by atoms with Crippen LogP contribution in [0.5, 0.6) is 5.75 Å². The third-order valence-electron chi connectivity index (χ3n) is 5.11. The molecule has 0 saturated carbocycles. The lowest BCUT2D eigenvalue weighted by Crippen LogP contribution is -2.18. The van der Waals surface area contributed by atoms with E-state index < -0.39 is 0 Å². The van der Waals surface area contributed by atoms with Crippen molar-refractivity contribution in [1.29, 1.82) is 0 Å². The lowest BCUT2D eigenvalue weighted by Gasteiger charge is -2.14. The number of aromatic amines is 1. The number of pyridine rings is 1. The van der Waals surface area contributed by atoms with Crippen LogP contribution in [0.1, 0.15) is 30.9 Å². The molecule has 0 atom stereocenters. The summed E-state index contributed by atoms with van der Waals surface area (Å²) in [5.74, 6) is 0.531. The molecule has 152 valence electrons. The Morgan fingerprint density at radius 2 is 1.90 bits per heavy atom. The fourth-order valence-electron chi connectivity index (χ4n) is 3.49. The third kappa shape index (κ3) is 3.69. The van der Waals surface area contributed by atoms with E-state index in [0.29, 0.717) is 23.6 Å². The van der Waals surface area contributed by atoms with Gasteiger partial charge in [0.05, 0.1) is 12.1 Å². The number of nitrogen functional groups attached to an aromatic ring is 1. The SMILES string of the molecule is CC(C)c1cc(-c2n[nH]c(=O)n2Cc2ccc(-c3cccnc3)cc2)c(O)cc1N. The zero-order valence-electron chi connectivity index (χ0n) is 16.8. The van der Waals surface area contributed by atoms with Crippen LogP contribution in [0.25, 0.3) is 22.5 Å². The first kappa shape index (κ1) is 19.4. The van der Waals surface area contributed by atoms with E-state index in [1.807, 2.05) is 56.4 Å². The van der Waals surface area contributed by atoms with Crippen LogP contribution in [0, 0.1) is 0 Å². The first-order valence-corrected chi connectivity index (χ1v) is 9.71. The first-order chi connectivity index (χ1) is 14.4. The summed E-state index contributed by atoms with van der Waals surface area (Å²) in [7, 11) is 0. The molecule has 0 fully saturated rings. The van der Waals surface area contributed by atoms with Gasteiger partial charge in [0.1, 0.15) is 5.75 Å². The van der Waals surface area contributed by atoms with Crippen LogP contribution < -0.4 is 11.4 Å². The summed E-state index contributed by atoms with van der Waals surface area (Å²) in [5.41, 5.74) is 10.6. The molecule has 2 aromatic heterocycles. The molecule has 0 unspecified atom stereocenters. The summed E-state index contributed by atoms with van der Waals surface area (Å²) >= 11 is 0. The molecule has 2 aromatic carbocycles. The predicted molar refractivity (Wildman–Crippen MR) is 117 cm³/mol. The molecule has 7 nitrogen and oxygen atoms in total. The largest absolute Gasteiger partial charge is 0.507 e. The van der Waals surface area contributed by atoms with Gasteiger partial charge >= 0.3 is 5.69 Å². The van der Waals surface area contributed by atoms with E-state index in [1.165, 1.54) is 10.6 Å². The van der Waals surface area contributed by atoms with Crippen molar-refractivity contribution >= 4 is 5.69 Å². The molecule has 0 spiro atoms. The van der Waals surface area contributed by atoms with E-state index in [4.69, 9.17) is 5.73 Å². The predicted octanol–water partition coefficient (Wildman–Crippen LogP) is 3.76. The number of anilines is 1. The minimum Gasteiger partial charge on any atom is -0.507 e. The number of phenolic OH excluding ortho intramolecular Hbond substituents is 1. The van der Waals surface area contributed by atoms with Gasteiger partial charge in [-0.15, -0.1) is 0 Å². The highest BCUT2D eigenvalue weighted by Gasteiger charge is 2.18. The average molecular weight is 401 g/mol. The molecular formula is C23H23N5O2. The fourth-order valence-corrected chi connectivity index (χ4v) is 3.49. The summed E-state index contributed by atoms with van der Waals surface area (Å²) in [6.45, 7) is 4.36. The number of nitrogens with one attached hydrogen (secondary N) is 1. The summed E-state index contributed by atoms with van der Waals surface area (Å²) < 4.78 is 1.51. The number of H-pyrrole nitrogens is 1. The molecule has 2 heterocycles. The number of nitrogens with zero attached hydrogens (tertiary/aromatic N) is 3. The van der Waals surface area contributed by atoms with E-state index in [0.717, 1.165) is 22.3 Å². The summed E-state index contributed by atoms with van der Waals surface area (Å²) in [4.78, 5) is 16.6. The smallest absolute Gasteiger partial charge is 0.343 e. The van der Waals surface area contributed by atoms with Crippen LogP contribution in [0.4, 0.5) is 5.69 Å². The first-order valence-electron chi connectivity index (χ1n) is 9.71. The maximum absolute atomic E-state index is 12.4. The van der Waals surface area contributed by atoms with Gasteiger partial charge in [-0.2, -0.15) is 5.10 Å². The monoisotopic (exact) mass is 401 g/mol. The molecule has 0 amide bonds. The maximum atomic E-state index is 12.4. The molecule has 4 rings (SSSR count). The highest BCUT2D eigenvalue weighted by Crippen LogP contribution is 2.35. The third-order valence-corrected chi connectivity index (χ3v) is 5.11. The number of hydrogen-bond acceptors (Lipinski definition) is 5. The molecule has 0 bridgehead atoms. The quantitative estimate of drug-likeness (QED) is 0.441. The van der Waals surface area contributed by atoms with E-state index in [9.17, 15) is 9.90 Å². The molecule has 4 aromatic rings. The van der Waals surface area contributed by atoms with E-state index in [-0.39, 0.29) is 17.4 Å². The number of benzene rings is 2. The molecule has 0 saturated heterocycles. The van der Waals surface area contributed by atoms with Crippen LogP contribution in [0.3, 0.4) is 0 Å². The Bertz CT molecular complexity index is 1220. The Labute approximate surface area is 173 Å². The average Bonchev–Trinajstić information content (AvgIpc) is 3.09. The molecule has 4 N–H and O–H groups in total. The van der Waals surface area contributed by atoms with Crippen molar-refractivity contribution in [2.45, 2.75) is 26.3 Å². The second kappa shape index (κ2) is 7.87. The zero-order chi connectivity index (χ0) is 21.3. The summed E-state index contributed by atoms with van der Waals surface area (Å²) in [6, 6.07) is 15.1. The standard InChI is InChI=1S/C23H23N5O2/c1-14(2)18-10-19(21(29)11-20(18)24)22-26-27-23(30)28(22)13-15-5-7-16(8-6-15)17-4-3-9-25-12-17/h3-12,14,29H,13,24H2,1-2H3,(H,27,30). The van der Waals surface area contributed by atoms with E-state index in [2.05, 4.69) is 15.2 Å². The Morgan fingerprint density at radius 3 is 2.57 bits per heavy atom. The van der Waals surface area contributed by atoms with Crippen LogP contribution in [-0.2, 0) is 6.54 Å². The lowest BCUT2D eigenvalue weighted by molar-refractivity contribution is 0.476. The van der Waals surface area contributed by atoms with Gasteiger partial charge in [-0.3, -0.25) is 9.55 Å². The number of phenols is 1. The number of nitrogens with two attached hydrogens (primary N) is 1. The van der Waals surface area contributed by atoms with Crippen molar-refractivity contribution in [3.05, 3.63) is 82.5 Å². The molecule has 0 aliphatic rings. The van der Waals surface area contributed by atoms with Crippen molar-refractivity contribution in [2.24, 2.45) is 0 Å². The van der Waals surface area contributed by atoms with Gasteiger partial charge in [0.15, 0.2) is 5.82 Å².